The highest BCUT2D eigenvalue weighted by Gasteiger charge is 2.02. The summed E-state index contributed by atoms with van der Waals surface area (Å²) in [6.45, 7) is 0. The molecule has 0 bridgehead atoms. The first-order valence-electron chi connectivity index (χ1n) is 3.58. The second-order valence-electron chi connectivity index (χ2n) is 2.60. The number of rotatable bonds is 0. The number of halogens is 3. The van der Waals surface area contributed by atoms with Gasteiger partial charge in [-0.1, -0.05) is 17.7 Å². The first kappa shape index (κ1) is 9.44. The van der Waals surface area contributed by atoms with E-state index in [9.17, 15) is 0 Å². The normalized spacial score (nSPS) is 10.7. The molecule has 0 radical (unpaired) electrons. The SMILES string of the molecule is Clc1ccc2c(Br)nc(Br)cc2c1. The maximum absolute atomic E-state index is 5.87. The summed E-state index contributed by atoms with van der Waals surface area (Å²) in [6.07, 6.45) is 0. The third-order valence-electron chi connectivity index (χ3n) is 1.72. The summed E-state index contributed by atoms with van der Waals surface area (Å²) in [6, 6.07) is 7.64. The Morgan fingerprint density at radius 1 is 1.15 bits per heavy atom. The number of nitrogens with zero attached hydrogens (tertiary/aromatic N) is 1. The highest BCUT2D eigenvalue weighted by molar-refractivity contribution is 9.11. The van der Waals surface area contributed by atoms with E-state index < -0.39 is 0 Å². The van der Waals surface area contributed by atoms with Crippen LogP contribution in [0.2, 0.25) is 5.02 Å². The lowest BCUT2D eigenvalue weighted by Gasteiger charge is -2.01. The summed E-state index contributed by atoms with van der Waals surface area (Å²) in [5, 5.41) is 2.87. The Morgan fingerprint density at radius 3 is 2.69 bits per heavy atom. The Labute approximate surface area is 97.4 Å². The van der Waals surface area contributed by atoms with Gasteiger partial charge in [-0.3, -0.25) is 0 Å². The second-order valence-corrected chi connectivity index (χ2v) is 4.60. The van der Waals surface area contributed by atoms with Crippen LogP contribution in [0.15, 0.2) is 33.5 Å². The van der Waals surface area contributed by atoms with Crippen LogP contribution in [-0.4, -0.2) is 4.98 Å². The molecule has 0 spiro atoms. The summed E-state index contributed by atoms with van der Waals surface area (Å²) < 4.78 is 1.63. The molecule has 1 nitrogen and oxygen atoms in total. The monoisotopic (exact) mass is 319 g/mol. The smallest absolute Gasteiger partial charge is 0.115 e. The van der Waals surface area contributed by atoms with Gasteiger partial charge in [-0.25, -0.2) is 4.98 Å². The van der Waals surface area contributed by atoms with Crippen molar-refractivity contribution in [3.8, 4) is 0 Å². The summed E-state index contributed by atoms with van der Waals surface area (Å²) >= 11 is 12.6. The molecule has 2 rings (SSSR count). The van der Waals surface area contributed by atoms with E-state index in [1.54, 1.807) is 0 Å². The fourth-order valence-corrected chi connectivity index (χ4v) is 2.55. The molecule has 0 saturated heterocycles. The number of hydrogen-bond donors (Lipinski definition) is 0. The van der Waals surface area contributed by atoms with Crippen LogP contribution in [0.25, 0.3) is 10.8 Å². The van der Waals surface area contributed by atoms with Crippen molar-refractivity contribution < 1.29 is 0 Å². The van der Waals surface area contributed by atoms with E-state index in [1.807, 2.05) is 24.3 Å². The molecule has 0 aliphatic heterocycles. The number of pyridine rings is 1. The van der Waals surface area contributed by atoms with Crippen LogP contribution in [-0.2, 0) is 0 Å². The van der Waals surface area contributed by atoms with Gasteiger partial charge in [-0.2, -0.15) is 0 Å². The van der Waals surface area contributed by atoms with Gasteiger partial charge in [-0.05, 0) is 55.4 Å². The minimum atomic E-state index is 0.734. The molecule has 66 valence electrons. The Kier molecular flexibility index (Phi) is 2.58. The summed E-state index contributed by atoms with van der Waals surface area (Å²) in [5.41, 5.74) is 0. The van der Waals surface area contributed by atoms with E-state index in [1.165, 1.54) is 0 Å². The Bertz CT molecular complexity index is 465. The van der Waals surface area contributed by atoms with Crippen LogP contribution in [0.1, 0.15) is 0 Å². The molecular weight excluding hydrogens is 317 g/mol. The molecular formula is C9H4Br2ClN. The number of fused-ring (bicyclic) bond motifs is 1. The van der Waals surface area contributed by atoms with E-state index in [0.29, 0.717) is 0 Å². The van der Waals surface area contributed by atoms with Crippen LogP contribution >= 0.6 is 43.5 Å². The molecule has 4 heteroatoms. The standard InChI is InChI=1S/C9H4Br2ClN/c10-8-4-5-3-6(12)1-2-7(5)9(11)13-8/h1-4H. The number of benzene rings is 1. The van der Waals surface area contributed by atoms with Crippen molar-refractivity contribution in [2.24, 2.45) is 0 Å². The van der Waals surface area contributed by atoms with Crippen LogP contribution in [0.3, 0.4) is 0 Å². The lowest BCUT2D eigenvalue weighted by Crippen LogP contribution is -1.81. The van der Waals surface area contributed by atoms with Gasteiger partial charge >= 0.3 is 0 Å². The zero-order valence-corrected chi connectivity index (χ0v) is 10.3. The van der Waals surface area contributed by atoms with Gasteiger partial charge < -0.3 is 0 Å². The maximum atomic E-state index is 5.87. The third kappa shape index (κ3) is 1.87. The zero-order chi connectivity index (χ0) is 9.42. The van der Waals surface area contributed by atoms with Crippen LogP contribution in [0.4, 0.5) is 0 Å². The lowest BCUT2D eigenvalue weighted by atomic mass is 10.2. The van der Waals surface area contributed by atoms with E-state index >= 15 is 0 Å². The summed E-state index contributed by atoms with van der Waals surface area (Å²) in [7, 11) is 0. The Morgan fingerprint density at radius 2 is 1.92 bits per heavy atom. The van der Waals surface area contributed by atoms with Crippen molar-refractivity contribution >= 4 is 54.2 Å². The predicted molar refractivity (Wildman–Crippen MR) is 62.2 cm³/mol. The molecule has 0 aliphatic rings. The molecule has 0 aliphatic carbocycles. The van der Waals surface area contributed by atoms with Crippen molar-refractivity contribution in [2.75, 3.05) is 0 Å². The Hall–Kier alpha value is -0.120. The second kappa shape index (κ2) is 3.56. The van der Waals surface area contributed by atoms with Crippen molar-refractivity contribution in [2.45, 2.75) is 0 Å². The maximum Gasteiger partial charge on any atom is 0.115 e. The Balaban J connectivity index is 2.86. The van der Waals surface area contributed by atoms with Crippen molar-refractivity contribution in [3.63, 3.8) is 0 Å². The summed E-state index contributed by atoms with van der Waals surface area (Å²) in [5.74, 6) is 0. The first-order valence-corrected chi connectivity index (χ1v) is 5.54. The third-order valence-corrected chi connectivity index (χ3v) is 2.96. The van der Waals surface area contributed by atoms with E-state index in [4.69, 9.17) is 11.6 Å². The highest BCUT2D eigenvalue weighted by Crippen LogP contribution is 2.27. The van der Waals surface area contributed by atoms with Gasteiger partial charge in [0.1, 0.15) is 9.21 Å². The van der Waals surface area contributed by atoms with Gasteiger partial charge in [0.25, 0.3) is 0 Å². The zero-order valence-electron chi connectivity index (χ0n) is 6.39. The molecule has 0 N–H and O–H groups in total. The summed E-state index contributed by atoms with van der Waals surface area (Å²) in [4.78, 5) is 4.22. The van der Waals surface area contributed by atoms with Gasteiger partial charge in [0.15, 0.2) is 0 Å². The largest absolute Gasteiger partial charge is 0.233 e. The van der Waals surface area contributed by atoms with Crippen LogP contribution in [0.5, 0.6) is 0 Å². The fraction of sp³-hybridized carbons (Fsp3) is 0. The molecule has 0 saturated carbocycles. The predicted octanol–water partition coefficient (Wildman–Crippen LogP) is 4.41. The average Bonchev–Trinajstić information content (AvgIpc) is 2.02. The molecule has 1 aromatic heterocycles. The minimum Gasteiger partial charge on any atom is -0.233 e. The molecule has 13 heavy (non-hydrogen) atoms. The van der Waals surface area contributed by atoms with Gasteiger partial charge in [0.2, 0.25) is 0 Å². The molecule has 0 atom stereocenters. The average molecular weight is 321 g/mol. The molecule has 2 aromatic rings. The molecule has 1 heterocycles. The van der Waals surface area contributed by atoms with Crippen molar-refractivity contribution in [3.05, 3.63) is 38.5 Å². The van der Waals surface area contributed by atoms with Crippen molar-refractivity contribution in [1.29, 1.82) is 0 Å². The van der Waals surface area contributed by atoms with Crippen LogP contribution in [0, 0.1) is 0 Å². The van der Waals surface area contributed by atoms with E-state index in [0.717, 1.165) is 25.0 Å². The van der Waals surface area contributed by atoms with Crippen molar-refractivity contribution in [1.82, 2.24) is 4.98 Å². The quantitative estimate of drug-likeness (QED) is 0.655. The van der Waals surface area contributed by atoms with Gasteiger partial charge in [0, 0.05) is 10.4 Å². The van der Waals surface area contributed by atoms with Crippen LogP contribution < -0.4 is 0 Å². The molecule has 0 unspecified atom stereocenters. The molecule has 1 aromatic carbocycles. The fourth-order valence-electron chi connectivity index (χ4n) is 1.16. The topological polar surface area (TPSA) is 12.9 Å². The first-order chi connectivity index (χ1) is 6.16. The highest BCUT2D eigenvalue weighted by atomic mass is 79.9. The van der Waals surface area contributed by atoms with Gasteiger partial charge in [0.05, 0.1) is 0 Å². The molecule has 0 amide bonds. The van der Waals surface area contributed by atoms with E-state index in [2.05, 4.69) is 36.8 Å². The molecule has 0 fully saturated rings. The number of aromatic nitrogens is 1. The number of hydrogen-bond acceptors (Lipinski definition) is 1. The van der Waals surface area contributed by atoms with E-state index in [-0.39, 0.29) is 0 Å². The lowest BCUT2D eigenvalue weighted by molar-refractivity contribution is 1.26. The van der Waals surface area contributed by atoms with Gasteiger partial charge in [-0.15, -0.1) is 0 Å². The minimum absolute atomic E-state index is 0.734.